The van der Waals surface area contributed by atoms with Gasteiger partial charge in [-0.1, -0.05) is 50.5 Å². The van der Waals surface area contributed by atoms with Crippen LogP contribution < -0.4 is 15.4 Å². The molecule has 3 aromatic carbocycles. The first kappa shape index (κ1) is 22.1. The van der Waals surface area contributed by atoms with Gasteiger partial charge in [0.25, 0.3) is 11.8 Å². The summed E-state index contributed by atoms with van der Waals surface area (Å²) in [6.45, 7) is 2.86. The highest BCUT2D eigenvalue weighted by Crippen LogP contribution is 2.17. The highest BCUT2D eigenvalue weighted by molar-refractivity contribution is 6.07. The van der Waals surface area contributed by atoms with Crippen molar-refractivity contribution in [3.63, 3.8) is 0 Å². The van der Waals surface area contributed by atoms with E-state index in [0.717, 1.165) is 17.9 Å². The Balaban J connectivity index is 1.55. The van der Waals surface area contributed by atoms with E-state index in [9.17, 15) is 9.59 Å². The monoisotopic (exact) mass is 416 g/mol. The highest BCUT2D eigenvalue weighted by Gasteiger charge is 2.10. The Morgan fingerprint density at radius 3 is 2.13 bits per heavy atom. The maximum Gasteiger partial charge on any atom is 0.255 e. The van der Waals surface area contributed by atoms with Crippen LogP contribution >= 0.6 is 0 Å². The van der Waals surface area contributed by atoms with Crippen molar-refractivity contribution in [3.05, 3.63) is 90.0 Å². The van der Waals surface area contributed by atoms with Crippen LogP contribution in [0.1, 0.15) is 53.3 Å². The molecule has 0 fully saturated rings. The number of hydrogen-bond acceptors (Lipinski definition) is 3. The maximum atomic E-state index is 12.6. The van der Waals surface area contributed by atoms with Gasteiger partial charge in [0, 0.05) is 22.5 Å². The van der Waals surface area contributed by atoms with Gasteiger partial charge in [0.15, 0.2) is 0 Å². The smallest absolute Gasteiger partial charge is 0.255 e. The molecule has 0 aliphatic heterocycles. The molecule has 31 heavy (non-hydrogen) atoms. The molecule has 5 nitrogen and oxygen atoms in total. The topological polar surface area (TPSA) is 67.4 Å². The standard InChI is InChI=1S/C26H28N2O3/c1-2-3-4-8-18-31-24-16-14-20(15-17-24)25(29)28-23-13-9-10-21(19-23)26(30)27-22-11-6-5-7-12-22/h5-7,9-17,19H,2-4,8,18H2,1H3,(H,27,30)(H,28,29). The van der Waals surface area contributed by atoms with Crippen molar-refractivity contribution in [1.82, 2.24) is 0 Å². The molecule has 3 rings (SSSR count). The van der Waals surface area contributed by atoms with Crippen LogP contribution in [0.2, 0.25) is 0 Å². The molecule has 0 aromatic heterocycles. The van der Waals surface area contributed by atoms with Crippen LogP contribution in [0.25, 0.3) is 0 Å². The minimum atomic E-state index is -0.241. The fourth-order valence-electron chi connectivity index (χ4n) is 3.09. The number of carbonyl (C=O) groups is 2. The van der Waals surface area contributed by atoms with Gasteiger partial charge in [-0.3, -0.25) is 9.59 Å². The number of unbranched alkanes of at least 4 members (excludes halogenated alkanes) is 3. The molecule has 0 saturated carbocycles. The number of carbonyl (C=O) groups excluding carboxylic acids is 2. The summed E-state index contributed by atoms with van der Waals surface area (Å²) in [6, 6.07) is 23.2. The van der Waals surface area contributed by atoms with Gasteiger partial charge in [-0.25, -0.2) is 0 Å². The second kappa shape index (κ2) is 11.6. The Labute approximate surface area is 183 Å². The van der Waals surface area contributed by atoms with Gasteiger partial charge in [0.1, 0.15) is 5.75 Å². The second-order valence-electron chi connectivity index (χ2n) is 7.29. The van der Waals surface area contributed by atoms with Crippen molar-refractivity contribution in [2.75, 3.05) is 17.2 Å². The molecule has 5 heteroatoms. The zero-order chi connectivity index (χ0) is 21.9. The summed E-state index contributed by atoms with van der Waals surface area (Å²) in [7, 11) is 0. The molecular formula is C26H28N2O3. The van der Waals surface area contributed by atoms with Crippen molar-refractivity contribution >= 4 is 23.2 Å². The lowest BCUT2D eigenvalue weighted by Gasteiger charge is -2.09. The van der Waals surface area contributed by atoms with Gasteiger partial charge >= 0.3 is 0 Å². The third-order valence-corrected chi connectivity index (χ3v) is 4.80. The molecule has 0 atom stereocenters. The zero-order valence-electron chi connectivity index (χ0n) is 17.8. The first-order valence-corrected chi connectivity index (χ1v) is 10.7. The van der Waals surface area contributed by atoms with Gasteiger partial charge < -0.3 is 15.4 Å². The third-order valence-electron chi connectivity index (χ3n) is 4.80. The molecule has 0 bridgehead atoms. The molecule has 2 amide bonds. The van der Waals surface area contributed by atoms with Crippen LogP contribution in [-0.2, 0) is 0 Å². The number of para-hydroxylation sites is 1. The summed E-state index contributed by atoms with van der Waals surface area (Å²) in [5.74, 6) is 0.283. The zero-order valence-corrected chi connectivity index (χ0v) is 17.8. The molecule has 0 heterocycles. The number of ether oxygens (including phenoxy) is 1. The number of benzene rings is 3. The Morgan fingerprint density at radius 2 is 1.39 bits per heavy atom. The summed E-state index contributed by atoms with van der Waals surface area (Å²) in [6.07, 6.45) is 4.62. The molecule has 0 aliphatic carbocycles. The van der Waals surface area contributed by atoms with E-state index in [1.54, 1.807) is 48.5 Å². The van der Waals surface area contributed by atoms with Crippen LogP contribution in [0.5, 0.6) is 5.75 Å². The lowest BCUT2D eigenvalue weighted by atomic mass is 10.1. The summed E-state index contributed by atoms with van der Waals surface area (Å²) in [5, 5.41) is 5.68. The van der Waals surface area contributed by atoms with E-state index >= 15 is 0 Å². The van der Waals surface area contributed by atoms with E-state index < -0.39 is 0 Å². The predicted octanol–water partition coefficient (Wildman–Crippen LogP) is 6.15. The lowest BCUT2D eigenvalue weighted by Crippen LogP contribution is -2.14. The first-order valence-electron chi connectivity index (χ1n) is 10.7. The van der Waals surface area contributed by atoms with E-state index in [2.05, 4.69) is 17.6 Å². The average molecular weight is 417 g/mol. The van der Waals surface area contributed by atoms with E-state index in [1.807, 2.05) is 30.3 Å². The number of anilines is 2. The molecule has 0 aliphatic rings. The van der Waals surface area contributed by atoms with Crippen molar-refractivity contribution in [1.29, 1.82) is 0 Å². The van der Waals surface area contributed by atoms with Crippen molar-refractivity contribution < 1.29 is 14.3 Å². The molecule has 160 valence electrons. The Morgan fingerprint density at radius 1 is 0.710 bits per heavy atom. The summed E-state index contributed by atoms with van der Waals surface area (Å²) in [5.41, 5.74) is 2.27. The second-order valence-corrected chi connectivity index (χ2v) is 7.29. The van der Waals surface area contributed by atoms with Gasteiger partial charge in [-0.05, 0) is 61.0 Å². The van der Waals surface area contributed by atoms with Crippen LogP contribution in [0.4, 0.5) is 11.4 Å². The molecule has 2 N–H and O–H groups in total. The fourth-order valence-corrected chi connectivity index (χ4v) is 3.09. The average Bonchev–Trinajstić information content (AvgIpc) is 2.80. The normalized spacial score (nSPS) is 10.4. The van der Waals surface area contributed by atoms with Crippen LogP contribution in [-0.4, -0.2) is 18.4 Å². The quantitative estimate of drug-likeness (QED) is 0.390. The third kappa shape index (κ3) is 7.00. The molecule has 0 unspecified atom stereocenters. The Hall–Kier alpha value is -3.60. The lowest BCUT2D eigenvalue weighted by molar-refractivity contribution is 0.101. The van der Waals surface area contributed by atoms with E-state index in [-0.39, 0.29) is 11.8 Å². The molecule has 0 spiro atoms. The molecule has 0 saturated heterocycles. The number of nitrogens with one attached hydrogen (secondary N) is 2. The minimum Gasteiger partial charge on any atom is -0.494 e. The number of amides is 2. The Kier molecular flexibility index (Phi) is 8.23. The van der Waals surface area contributed by atoms with Crippen LogP contribution in [0, 0.1) is 0 Å². The van der Waals surface area contributed by atoms with Gasteiger partial charge in [0.05, 0.1) is 6.61 Å². The Bertz CT molecular complexity index is 985. The molecule has 3 aromatic rings. The van der Waals surface area contributed by atoms with E-state index in [4.69, 9.17) is 4.74 Å². The van der Waals surface area contributed by atoms with Crippen molar-refractivity contribution in [2.45, 2.75) is 32.6 Å². The molecule has 0 radical (unpaired) electrons. The van der Waals surface area contributed by atoms with Gasteiger partial charge in [-0.15, -0.1) is 0 Å². The largest absolute Gasteiger partial charge is 0.494 e. The van der Waals surface area contributed by atoms with Crippen molar-refractivity contribution in [3.8, 4) is 5.75 Å². The van der Waals surface area contributed by atoms with Crippen LogP contribution in [0.3, 0.4) is 0 Å². The summed E-state index contributed by atoms with van der Waals surface area (Å²) in [4.78, 5) is 25.0. The molecular weight excluding hydrogens is 388 g/mol. The maximum absolute atomic E-state index is 12.6. The number of hydrogen-bond donors (Lipinski definition) is 2. The van der Waals surface area contributed by atoms with E-state index in [0.29, 0.717) is 23.4 Å². The predicted molar refractivity (Wildman–Crippen MR) is 125 cm³/mol. The highest BCUT2D eigenvalue weighted by atomic mass is 16.5. The minimum absolute atomic E-state index is 0.234. The SMILES string of the molecule is CCCCCCOc1ccc(C(=O)Nc2cccc(C(=O)Nc3ccccc3)c2)cc1. The van der Waals surface area contributed by atoms with E-state index in [1.165, 1.54) is 19.3 Å². The number of rotatable bonds is 10. The first-order chi connectivity index (χ1) is 15.2. The summed E-state index contributed by atoms with van der Waals surface area (Å²) < 4.78 is 5.72. The van der Waals surface area contributed by atoms with Gasteiger partial charge in [0.2, 0.25) is 0 Å². The van der Waals surface area contributed by atoms with Crippen molar-refractivity contribution in [2.24, 2.45) is 0 Å². The van der Waals surface area contributed by atoms with Gasteiger partial charge in [-0.2, -0.15) is 0 Å². The fraction of sp³-hybridized carbons (Fsp3) is 0.231. The summed E-state index contributed by atoms with van der Waals surface area (Å²) >= 11 is 0. The van der Waals surface area contributed by atoms with Crippen LogP contribution in [0.15, 0.2) is 78.9 Å².